The Bertz CT molecular complexity index is 94.3. The van der Waals surface area contributed by atoms with Gasteiger partial charge in [0.2, 0.25) is 0 Å². The van der Waals surface area contributed by atoms with Crippen LogP contribution in [0.2, 0.25) is 0 Å². The van der Waals surface area contributed by atoms with Crippen LogP contribution < -0.4 is 0 Å². The zero-order valence-electron chi connectivity index (χ0n) is 3.99. The zero-order valence-corrected chi connectivity index (χ0v) is 6.33. The molecule has 0 fully saturated rings. The lowest BCUT2D eigenvalue weighted by Gasteiger charge is -1.76. The highest BCUT2D eigenvalue weighted by atomic mass is 79.9. The van der Waals surface area contributed by atoms with E-state index in [2.05, 4.69) is 15.9 Å². The monoisotopic (exact) mass is 180 g/mol. The normalized spacial score (nSPS) is 13.3. The fourth-order valence-corrected chi connectivity index (χ4v) is 0.474. The Hall–Kier alpha value is 0.250. The second kappa shape index (κ2) is 4.41. The molecule has 0 bridgehead atoms. The Labute approximate surface area is 57.0 Å². The molecule has 0 heterocycles. The van der Waals surface area contributed by atoms with Gasteiger partial charge in [-0.15, -0.1) is 0 Å². The Morgan fingerprint density at radius 2 is 2.29 bits per heavy atom. The Morgan fingerprint density at radius 1 is 1.71 bits per heavy atom. The van der Waals surface area contributed by atoms with Crippen molar-refractivity contribution in [1.82, 2.24) is 0 Å². The average molecular weight is 181 g/mol. The highest BCUT2D eigenvalue weighted by Crippen LogP contribution is 2.04. The third-order valence-corrected chi connectivity index (χ3v) is 1.42. The predicted molar refractivity (Wildman–Crippen MR) is 37.7 cm³/mol. The summed E-state index contributed by atoms with van der Waals surface area (Å²) in [5.41, 5.74) is 0. The maximum Gasteiger partial charge on any atom is 0.0471 e. The van der Waals surface area contributed by atoms with Gasteiger partial charge in [0.25, 0.3) is 0 Å². The maximum absolute atomic E-state index is 5.49. The van der Waals surface area contributed by atoms with Crippen LogP contribution in [0.1, 0.15) is 6.92 Å². The Morgan fingerprint density at radius 3 is 2.43 bits per heavy atom. The molecule has 0 unspecified atom stereocenters. The minimum atomic E-state index is 0.711. The minimum absolute atomic E-state index is 0.711. The number of hydrogen-bond acceptors (Lipinski definition) is 0. The van der Waals surface area contributed by atoms with Crippen LogP contribution in [0.4, 0.5) is 0 Å². The summed E-state index contributed by atoms with van der Waals surface area (Å²) >= 11 is 8.56. The molecule has 0 atom stereocenters. The molecular weight excluding hydrogens is 175 g/mol. The third kappa shape index (κ3) is 4.10. The summed E-state index contributed by atoms with van der Waals surface area (Å²) in [5, 5.41) is 0.711. The largest absolute Gasteiger partial charge is 0.0862 e. The first kappa shape index (κ1) is 7.25. The van der Waals surface area contributed by atoms with E-state index in [1.54, 1.807) is 11.1 Å². The van der Waals surface area contributed by atoms with E-state index in [1.165, 1.54) is 0 Å². The maximum atomic E-state index is 5.49. The molecule has 0 rings (SSSR count). The quantitative estimate of drug-likeness (QED) is 0.546. The van der Waals surface area contributed by atoms with Crippen LogP contribution in [-0.2, 0) is 0 Å². The number of allylic oxidation sites excluding steroid dienone is 3. The van der Waals surface area contributed by atoms with Crippen LogP contribution in [0, 0.1) is 0 Å². The fraction of sp³-hybridized carbons (Fsp3) is 0.200. The van der Waals surface area contributed by atoms with Crippen LogP contribution in [0.15, 0.2) is 22.2 Å². The molecule has 0 saturated carbocycles. The van der Waals surface area contributed by atoms with Crippen LogP contribution in [0.25, 0.3) is 0 Å². The molecule has 0 radical (unpaired) electrons. The SMILES string of the molecule is C/C=C/C(Cl)=C/Br. The highest BCUT2D eigenvalue weighted by molar-refractivity contribution is 9.11. The molecule has 0 aliphatic heterocycles. The molecule has 0 saturated heterocycles. The van der Waals surface area contributed by atoms with Gasteiger partial charge in [-0.25, -0.2) is 0 Å². The van der Waals surface area contributed by atoms with Crippen molar-refractivity contribution in [2.75, 3.05) is 0 Å². The molecule has 0 aliphatic rings. The molecule has 2 heteroatoms. The van der Waals surface area contributed by atoms with Gasteiger partial charge in [-0.3, -0.25) is 0 Å². The van der Waals surface area contributed by atoms with E-state index < -0.39 is 0 Å². The molecule has 0 aliphatic carbocycles. The van der Waals surface area contributed by atoms with Crippen molar-refractivity contribution < 1.29 is 0 Å². The number of halogens is 2. The van der Waals surface area contributed by atoms with Crippen molar-refractivity contribution in [3.63, 3.8) is 0 Å². The van der Waals surface area contributed by atoms with Gasteiger partial charge in [0.1, 0.15) is 0 Å². The second-order valence-electron chi connectivity index (χ2n) is 0.994. The molecule has 0 amide bonds. The summed E-state index contributed by atoms with van der Waals surface area (Å²) in [4.78, 5) is 1.66. The predicted octanol–water partition coefficient (Wildman–Crippen LogP) is 3.04. The van der Waals surface area contributed by atoms with Crippen LogP contribution >= 0.6 is 27.5 Å². The lowest BCUT2D eigenvalue weighted by atomic mass is 10.5. The molecule has 0 aromatic rings. The fourth-order valence-electron chi connectivity index (χ4n) is 0.196. The van der Waals surface area contributed by atoms with Crippen molar-refractivity contribution in [1.29, 1.82) is 0 Å². The van der Waals surface area contributed by atoms with E-state index in [1.807, 2.05) is 13.0 Å². The van der Waals surface area contributed by atoms with Gasteiger partial charge >= 0.3 is 0 Å². The molecule has 0 aromatic carbocycles. The molecular formula is C5H6BrCl. The lowest BCUT2D eigenvalue weighted by molar-refractivity contribution is 1.72. The standard InChI is InChI=1S/C5H6BrCl/c1-2-3-5(7)4-6/h2-4H,1H3/b3-2+,5-4-. The third-order valence-electron chi connectivity index (χ3n) is 0.430. The van der Waals surface area contributed by atoms with E-state index in [0.29, 0.717) is 5.03 Å². The van der Waals surface area contributed by atoms with Gasteiger partial charge in [0.15, 0.2) is 0 Å². The van der Waals surface area contributed by atoms with Gasteiger partial charge in [0, 0.05) is 5.03 Å². The summed E-state index contributed by atoms with van der Waals surface area (Å²) in [6.07, 6.45) is 3.68. The second-order valence-corrected chi connectivity index (χ2v) is 1.89. The molecule has 7 heavy (non-hydrogen) atoms. The average Bonchev–Trinajstić information content (AvgIpc) is 1.68. The van der Waals surface area contributed by atoms with Crippen molar-refractivity contribution in [2.24, 2.45) is 0 Å². The first-order valence-corrected chi connectivity index (χ1v) is 3.19. The topological polar surface area (TPSA) is 0 Å². The van der Waals surface area contributed by atoms with Crippen LogP contribution in [-0.4, -0.2) is 0 Å². The zero-order chi connectivity index (χ0) is 5.70. The van der Waals surface area contributed by atoms with E-state index in [0.717, 1.165) is 0 Å². The molecule has 40 valence electrons. The molecule has 0 aromatic heterocycles. The van der Waals surface area contributed by atoms with Crippen molar-refractivity contribution in [3.8, 4) is 0 Å². The van der Waals surface area contributed by atoms with Crippen molar-refractivity contribution in [2.45, 2.75) is 6.92 Å². The Balaban J connectivity index is 3.58. The van der Waals surface area contributed by atoms with Crippen LogP contribution in [0.3, 0.4) is 0 Å². The number of rotatable bonds is 1. The van der Waals surface area contributed by atoms with Crippen molar-refractivity contribution >= 4 is 27.5 Å². The lowest BCUT2D eigenvalue weighted by Crippen LogP contribution is -1.52. The van der Waals surface area contributed by atoms with Crippen molar-refractivity contribution in [3.05, 3.63) is 22.2 Å². The van der Waals surface area contributed by atoms with E-state index in [4.69, 9.17) is 11.6 Å². The number of hydrogen-bond donors (Lipinski definition) is 0. The van der Waals surface area contributed by atoms with Gasteiger partial charge in [-0.05, 0) is 18.0 Å². The van der Waals surface area contributed by atoms with E-state index in [9.17, 15) is 0 Å². The van der Waals surface area contributed by atoms with Gasteiger partial charge in [0.05, 0.1) is 0 Å². The summed E-state index contributed by atoms with van der Waals surface area (Å²) in [6.45, 7) is 1.92. The van der Waals surface area contributed by atoms with Gasteiger partial charge in [-0.1, -0.05) is 33.6 Å². The summed E-state index contributed by atoms with van der Waals surface area (Å²) in [5.74, 6) is 0. The van der Waals surface area contributed by atoms with Gasteiger partial charge < -0.3 is 0 Å². The molecule has 0 spiro atoms. The summed E-state index contributed by atoms with van der Waals surface area (Å²) in [6, 6.07) is 0. The van der Waals surface area contributed by atoms with E-state index in [-0.39, 0.29) is 0 Å². The molecule has 0 nitrogen and oxygen atoms in total. The van der Waals surface area contributed by atoms with E-state index >= 15 is 0 Å². The first-order chi connectivity index (χ1) is 3.31. The summed E-state index contributed by atoms with van der Waals surface area (Å²) < 4.78 is 0. The smallest absolute Gasteiger partial charge is 0.0471 e. The van der Waals surface area contributed by atoms with Gasteiger partial charge in [-0.2, -0.15) is 0 Å². The summed E-state index contributed by atoms with van der Waals surface area (Å²) in [7, 11) is 0. The highest BCUT2D eigenvalue weighted by Gasteiger charge is 1.74. The van der Waals surface area contributed by atoms with Crippen LogP contribution in [0.5, 0.6) is 0 Å². The minimum Gasteiger partial charge on any atom is -0.0862 e. The molecule has 0 N–H and O–H groups in total. The first-order valence-electron chi connectivity index (χ1n) is 1.90. The Kier molecular flexibility index (Phi) is 4.57.